The molecular formula is C12H21N3. The fourth-order valence-electron chi connectivity index (χ4n) is 1.40. The Morgan fingerprint density at radius 3 is 2.47 bits per heavy atom. The summed E-state index contributed by atoms with van der Waals surface area (Å²) in [5, 5.41) is 6.53. The highest BCUT2D eigenvalue weighted by atomic mass is 15.1. The summed E-state index contributed by atoms with van der Waals surface area (Å²) in [4.78, 5) is 4.44. The molecule has 0 saturated carbocycles. The molecule has 1 aromatic heterocycles. The van der Waals surface area contributed by atoms with E-state index in [-0.39, 0.29) is 0 Å². The fraction of sp³-hybridized carbons (Fsp3) is 0.583. The minimum absolute atomic E-state index is 0.909. The average Bonchev–Trinajstić information content (AvgIpc) is 2.26. The van der Waals surface area contributed by atoms with E-state index in [1.165, 1.54) is 19.3 Å². The lowest BCUT2D eigenvalue weighted by molar-refractivity contribution is 0.742. The van der Waals surface area contributed by atoms with Crippen LogP contribution in [0.5, 0.6) is 0 Å². The second-order valence-electron chi connectivity index (χ2n) is 3.57. The molecule has 0 spiro atoms. The Bertz CT molecular complexity index is 273. The maximum atomic E-state index is 4.44. The van der Waals surface area contributed by atoms with Crippen molar-refractivity contribution in [2.45, 2.75) is 33.1 Å². The van der Waals surface area contributed by atoms with Crippen molar-refractivity contribution < 1.29 is 0 Å². The molecule has 1 heterocycles. The first-order valence-electron chi connectivity index (χ1n) is 5.81. The molecule has 0 radical (unpaired) electrons. The van der Waals surface area contributed by atoms with Gasteiger partial charge < -0.3 is 10.6 Å². The van der Waals surface area contributed by atoms with Crippen LogP contribution in [-0.2, 0) is 0 Å². The maximum absolute atomic E-state index is 4.44. The molecule has 0 aliphatic heterocycles. The molecule has 0 fully saturated rings. The van der Waals surface area contributed by atoms with Gasteiger partial charge in [-0.25, -0.2) is 4.98 Å². The number of aromatic nitrogens is 1. The van der Waals surface area contributed by atoms with Gasteiger partial charge in [0.05, 0.1) is 0 Å². The molecule has 15 heavy (non-hydrogen) atoms. The Hall–Kier alpha value is -1.25. The molecule has 0 aromatic carbocycles. The van der Waals surface area contributed by atoms with Gasteiger partial charge in [-0.3, -0.25) is 0 Å². The molecule has 1 rings (SSSR count). The van der Waals surface area contributed by atoms with Crippen LogP contribution in [0.25, 0.3) is 0 Å². The van der Waals surface area contributed by atoms with Crippen molar-refractivity contribution in [2.75, 3.05) is 23.7 Å². The number of rotatable bonds is 7. The Morgan fingerprint density at radius 2 is 1.80 bits per heavy atom. The van der Waals surface area contributed by atoms with Crippen molar-refractivity contribution in [3.8, 4) is 0 Å². The number of hydrogen-bond acceptors (Lipinski definition) is 3. The number of nitrogens with one attached hydrogen (secondary N) is 2. The van der Waals surface area contributed by atoms with E-state index in [2.05, 4.69) is 29.5 Å². The van der Waals surface area contributed by atoms with Crippen LogP contribution in [0.4, 0.5) is 11.6 Å². The van der Waals surface area contributed by atoms with E-state index in [4.69, 9.17) is 0 Å². The van der Waals surface area contributed by atoms with Crippen molar-refractivity contribution in [1.29, 1.82) is 0 Å². The minimum Gasteiger partial charge on any atom is -0.370 e. The van der Waals surface area contributed by atoms with Crippen molar-refractivity contribution in [3.05, 3.63) is 18.2 Å². The van der Waals surface area contributed by atoms with E-state index < -0.39 is 0 Å². The average molecular weight is 207 g/mol. The van der Waals surface area contributed by atoms with Gasteiger partial charge in [-0.1, -0.05) is 25.8 Å². The van der Waals surface area contributed by atoms with Gasteiger partial charge in [0.2, 0.25) is 0 Å². The summed E-state index contributed by atoms with van der Waals surface area (Å²) < 4.78 is 0. The van der Waals surface area contributed by atoms with Gasteiger partial charge >= 0.3 is 0 Å². The summed E-state index contributed by atoms with van der Waals surface area (Å²) in [6, 6.07) is 6.01. The first-order valence-corrected chi connectivity index (χ1v) is 5.81. The molecular weight excluding hydrogens is 186 g/mol. The predicted molar refractivity (Wildman–Crippen MR) is 66.4 cm³/mol. The van der Waals surface area contributed by atoms with Crippen molar-refractivity contribution >= 4 is 11.6 Å². The summed E-state index contributed by atoms with van der Waals surface area (Å²) in [7, 11) is 0. The van der Waals surface area contributed by atoms with Crippen LogP contribution < -0.4 is 10.6 Å². The molecule has 0 amide bonds. The van der Waals surface area contributed by atoms with Gasteiger partial charge in [0.15, 0.2) is 0 Å². The van der Waals surface area contributed by atoms with Crippen molar-refractivity contribution in [3.63, 3.8) is 0 Å². The Morgan fingerprint density at radius 1 is 1.07 bits per heavy atom. The fourth-order valence-corrected chi connectivity index (χ4v) is 1.40. The maximum Gasteiger partial charge on any atom is 0.128 e. The highest BCUT2D eigenvalue weighted by molar-refractivity contribution is 5.44. The molecule has 84 valence electrons. The number of pyridine rings is 1. The first kappa shape index (κ1) is 11.8. The molecule has 0 aliphatic carbocycles. The second kappa shape index (κ2) is 7.10. The van der Waals surface area contributed by atoms with Crippen LogP contribution in [0.2, 0.25) is 0 Å². The van der Waals surface area contributed by atoms with Crippen LogP contribution in [0, 0.1) is 0 Å². The summed E-state index contributed by atoms with van der Waals surface area (Å²) in [5.41, 5.74) is 0. The van der Waals surface area contributed by atoms with E-state index in [1.54, 1.807) is 0 Å². The summed E-state index contributed by atoms with van der Waals surface area (Å²) in [5.74, 6) is 1.91. The third-order valence-electron chi connectivity index (χ3n) is 2.19. The zero-order valence-electron chi connectivity index (χ0n) is 9.71. The quantitative estimate of drug-likeness (QED) is 0.674. The van der Waals surface area contributed by atoms with Crippen molar-refractivity contribution in [2.24, 2.45) is 0 Å². The monoisotopic (exact) mass is 207 g/mol. The van der Waals surface area contributed by atoms with E-state index >= 15 is 0 Å². The molecule has 0 aliphatic rings. The van der Waals surface area contributed by atoms with Crippen LogP contribution in [-0.4, -0.2) is 18.1 Å². The van der Waals surface area contributed by atoms with Crippen molar-refractivity contribution in [1.82, 2.24) is 4.98 Å². The summed E-state index contributed by atoms with van der Waals surface area (Å²) >= 11 is 0. The molecule has 0 saturated heterocycles. The van der Waals surface area contributed by atoms with Gasteiger partial charge in [0.25, 0.3) is 0 Å². The van der Waals surface area contributed by atoms with Gasteiger partial charge in [-0.05, 0) is 25.5 Å². The lowest BCUT2D eigenvalue weighted by Crippen LogP contribution is -2.05. The standard InChI is InChI=1S/C12H21N3/c1-3-5-6-10-14-12-9-7-8-11(15-12)13-4-2/h7-9H,3-6,10H2,1-2H3,(H2,13,14,15). The van der Waals surface area contributed by atoms with Crippen LogP contribution in [0.15, 0.2) is 18.2 Å². The Labute approximate surface area is 92.3 Å². The third kappa shape index (κ3) is 4.68. The summed E-state index contributed by atoms with van der Waals surface area (Å²) in [6.07, 6.45) is 3.75. The van der Waals surface area contributed by atoms with Crippen LogP contribution in [0.3, 0.4) is 0 Å². The normalized spacial score (nSPS) is 10.0. The summed E-state index contributed by atoms with van der Waals surface area (Å²) in [6.45, 7) is 6.20. The third-order valence-corrected chi connectivity index (χ3v) is 2.19. The number of unbranched alkanes of at least 4 members (excludes halogenated alkanes) is 2. The van der Waals surface area contributed by atoms with Crippen LogP contribution >= 0.6 is 0 Å². The van der Waals surface area contributed by atoms with E-state index in [0.717, 1.165) is 24.7 Å². The lowest BCUT2D eigenvalue weighted by Gasteiger charge is -2.07. The van der Waals surface area contributed by atoms with Gasteiger partial charge in [-0.2, -0.15) is 0 Å². The topological polar surface area (TPSA) is 37.0 Å². The SMILES string of the molecule is CCCCCNc1cccc(NCC)n1. The van der Waals surface area contributed by atoms with Crippen LogP contribution in [0.1, 0.15) is 33.1 Å². The minimum atomic E-state index is 0.909. The second-order valence-corrected chi connectivity index (χ2v) is 3.57. The predicted octanol–water partition coefficient (Wildman–Crippen LogP) is 3.12. The molecule has 3 nitrogen and oxygen atoms in total. The number of nitrogens with zero attached hydrogens (tertiary/aromatic N) is 1. The number of hydrogen-bond donors (Lipinski definition) is 2. The molecule has 0 bridgehead atoms. The van der Waals surface area contributed by atoms with Gasteiger partial charge in [-0.15, -0.1) is 0 Å². The molecule has 3 heteroatoms. The smallest absolute Gasteiger partial charge is 0.128 e. The molecule has 1 aromatic rings. The first-order chi connectivity index (χ1) is 7.36. The number of anilines is 2. The molecule has 2 N–H and O–H groups in total. The van der Waals surface area contributed by atoms with Gasteiger partial charge in [0.1, 0.15) is 11.6 Å². The molecule has 0 unspecified atom stereocenters. The zero-order chi connectivity index (χ0) is 10.9. The zero-order valence-corrected chi connectivity index (χ0v) is 9.71. The van der Waals surface area contributed by atoms with E-state index in [1.807, 2.05) is 18.2 Å². The van der Waals surface area contributed by atoms with Gasteiger partial charge in [0, 0.05) is 13.1 Å². The van der Waals surface area contributed by atoms with E-state index in [0.29, 0.717) is 0 Å². The lowest BCUT2D eigenvalue weighted by atomic mass is 10.2. The Balaban J connectivity index is 2.36. The highest BCUT2D eigenvalue weighted by Gasteiger charge is 1.95. The highest BCUT2D eigenvalue weighted by Crippen LogP contribution is 2.08. The van der Waals surface area contributed by atoms with E-state index in [9.17, 15) is 0 Å². The molecule has 0 atom stereocenters. The Kier molecular flexibility index (Phi) is 5.59. The largest absolute Gasteiger partial charge is 0.370 e.